The van der Waals surface area contributed by atoms with Crippen molar-refractivity contribution in [1.82, 2.24) is 0 Å². The second kappa shape index (κ2) is 4.84. The fourth-order valence-electron chi connectivity index (χ4n) is 2.12. The van der Waals surface area contributed by atoms with Gasteiger partial charge in [-0.05, 0) is 44.0 Å². The van der Waals surface area contributed by atoms with Gasteiger partial charge in [-0.25, -0.2) is 4.21 Å². The largest absolute Gasteiger partial charge is 0.249 e. The molecule has 0 amide bonds. The zero-order valence-electron chi connectivity index (χ0n) is 10.4. The predicted molar refractivity (Wildman–Crippen MR) is 71.8 cm³/mol. The molecule has 88 valence electrons. The number of benzene rings is 2. The number of hydrogen-bond donors (Lipinski definition) is 0. The lowest BCUT2D eigenvalue weighted by Crippen LogP contribution is -1.99. The van der Waals surface area contributed by atoms with Crippen LogP contribution in [0.15, 0.2) is 52.3 Å². The van der Waals surface area contributed by atoms with E-state index in [9.17, 15) is 4.21 Å². The third-order valence-electron chi connectivity index (χ3n) is 2.75. The Morgan fingerprint density at radius 2 is 1.41 bits per heavy atom. The summed E-state index contributed by atoms with van der Waals surface area (Å²) >= 11 is 0. The summed E-state index contributed by atoms with van der Waals surface area (Å²) in [6, 6.07) is 13.8. The van der Waals surface area contributed by atoms with Gasteiger partial charge in [0.2, 0.25) is 0 Å². The highest BCUT2D eigenvalue weighted by Crippen LogP contribution is 2.24. The van der Waals surface area contributed by atoms with Gasteiger partial charge >= 0.3 is 0 Å². The van der Waals surface area contributed by atoms with Crippen molar-refractivity contribution in [3.8, 4) is 0 Å². The van der Waals surface area contributed by atoms with Gasteiger partial charge < -0.3 is 0 Å². The summed E-state index contributed by atoms with van der Waals surface area (Å²) in [5, 5.41) is 0. The van der Waals surface area contributed by atoms with Crippen LogP contribution in [0.1, 0.15) is 16.7 Å². The van der Waals surface area contributed by atoms with Gasteiger partial charge in [-0.3, -0.25) is 0 Å². The molecule has 2 heteroatoms. The van der Waals surface area contributed by atoms with Crippen LogP contribution >= 0.6 is 0 Å². The van der Waals surface area contributed by atoms with Crippen molar-refractivity contribution < 1.29 is 4.21 Å². The van der Waals surface area contributed by atoms with Crippen LogP contribution in [0.25, 0.3) is 0 Å². The maximum Gasteiger partial charge on any atom is 0.0854 e. The van der Waals surface area contributed by atoms with Crippen molar-refractivity contribution in [3.05, 3.63) is 59.2 Å². The summed E-state index contributed by atoms with van der Waals surface area (Å²) in [7, 11) is -1.08. The van der Waals surface area contributed by atoms with Gasteiger partial charge in [0.25, 0.3) is 0 Å². The third-order valence-corrected chi connectivity index (χ3v) is 4.46. The van der Waals surface area contributed by atoms with Crippen molar-refractivity contribution >= 4 is 10.8 Å². The highest BCUT2D eigenvalue weighted by molar-refractivity contribution is 7.85. The molecule has 0 saturated carbocycles. The molecular formula is C15H16OS. The number of hydrogen-bond acceptors (Lipinski definition) is 1. The van der Waals surface area contributed by atoms with Crippen molar-refractivity contribution in [2.45, 2.75) is 30.6 Å². The minimum absolute atomic E-state index is 0.863. The normalized spacial score (nSPS) is 12.4. The molecular weight excluding hydrogens is 228 g/mol. The molecule has 0 radical (unpaired) electrons. The minimum Gasteiger partial charge on any atom is -0.249 e. The molecule has 2 aromatic carbocycles. The van der Waals surface area contributed by atoms with Crippen molar-refractivity contribution in [3.63, 3.8) is 0 Å². The molecule has 0 saturated heterocycles. The standard InChI is InChI=1S/C15H16OS/c1-11-9-12(2)15(13(3)10-11)17(16)14-7-5-4-6-8-14/h4-10H,1-3H3. The fourth-order valence-corrected chi connectivity index (χ4v) is 3.46. The van der Waals surface area contributed by atoms with Crippen molar-refractivity contribution in [2.24, 2.45) is 0 Å². The first-order valence-corrected chi connectivity index (χ1v) is 6.79. The molecule has 2 rings (SSSR count). The van der Waals surface area contributed by atoms with Crippen molar-refractivity contribution in [1.29, 1.82) is 0 Å². The van der Waals surface area contributed by atoms with Gasteiger partial charge in [-0.2, -0.15) is 0 Å². The molecule has 1 nitrogen and oxygen atoms in total. The van der Waals surface area contributed by atoms with Crippen molar-refractivity contribution in [2.75, 3.05) is 0 Å². The van der Waals surface area contributed by atoms with Crippen LogP contribution in [0, 0.1) is 20.8 Å². The quantitative estimate of drug-likeness (QED) is 0.785. The Hall–Kier alpha value is -1.41. The van der Waals surface area contributed by atoms with E-state index in [0.717, 1.165) is 20.9 Å². The monoisotopic (exact) mass is 244 g/mol. The Morgan fingerprint density at radius 1 is 0.882 bits per heavy atom. The van der Waals surface area contributed by atoms with Crippen LogP contribution in [0.4, 0.5) is 0 Å². The zero-order chi connectivity index (χ0) is 12.4. The van der Waals surface area contributed by atoms with Gasteiger partial charge in [0.15, 0.2) is 0 Å². The lowest BCUT2D eigenvalue weighted by Gasteiger charge is -2.10. The summed E-state index contributed by atoms with van der Waals surface area (Å²) in [5.41, 5.74) is 3.42. The first-order valence-electron chi connectivity index (χ1n) is 5.64. The molecule has 0 aromatic heterocycles. The second-order valence-electron chi connectivity index (χ2n) is 4.31. The van der Waals surface area contributed by atoms with Gasteiger partial charge in [0.1, 0.15) is 0 Å². The number of rotatable bonds is 2. The van der Waals surface area contributed by atoms with E-state index in [1.807, 2.05) is 44.2 Å². The molecule has 1 atom stereocenters. The van der Waals surface area contributed by atoms with Gasteiger partial charge in [0, 0.05) is 9.79 Å². The molecule has 0 N–H and O–H groups in total. The molecule has 0 spiro atoms. The molecule has 2 aromatic rings. The molecule has 0 aliphatic heterocycles. The predicted octanol–water partition coefficient (Wildman–Crippen LogP) is 3.78. The van der Waals surface area contributed by atoms with Crippen LogP contribution in [-0.2, 0) is 10.8 Å². The van der Waals surface area contributed by atoms with Crippen LogP contribution in [0.2, 0.25) is 0 Å². The second-order valence-corrected chi connectivity index (χ2v) is 5.73. The van der Waals surface area contributed by atoms with Gasteiger partial charge in [-0.15, -0.1) is 0 Å². The SMILES string of the molecule is Cc1cc(C)c(S(=O)c2ccccc2)c(C)c1. The molecule has 1 unspecified atom stereocenters. The van der Waals surface area contributed by atoms with E-state index in [2.05, 4.69) is 19.1 Å². The Balaban J connectivity index is 2.52. The summed E-state index contributed by atoms with van der Waals surface area (Å²) in [6.07, 6.45) is 0. The fraction of sp³-hybridized carbons (Fsp3) is 0.200. The Morgan fingerprint density at radius 3 is 1.94 bits per heavy atom. The average molecular weight is 244 g/mol. The highest BCUT2D eigenvalue weighted by atomic mass is 32.2. The van der Waals surface area contributed by atoms with E-state index in [0.29, 0.717) is 0 Å². The molecule has 0 fully saturated rings. The van der Waals surface area contributed by atoms with Gasteiger partial charge in [0.05, 0.1) is 10.8 Å². The lowest BCUT2D eigenvalue weighted by atomic mass is 10.1. The summed E-state index contributed by atoms with van der Waals surface area (Å²) in [6.45, 7) is 6.11. The van der Waals surface area contributed by atoms with Gasteiger partial charge in [-0.1, -0.05) is 35.9 Å². The highest BCUT2D eigenvalue weighted by Gasteiger charge is 2.12. The van der Waals surface area contributed by atoms with Crippen LogP contribution < -0.4 is 0 Å². The molecule has 0 aliphatic rings. The van der Waals surface area contributed by atoms with E-state index in [-0.39, 0.29) is 0 Å². The summed E-state index contributed by atoms with van der Waals surface area (Å²) < 4.78 is 12.5. The summed E-state index contributed by atoms with van der Waals surface area (Å²) in [4.78, 5) is 1.81. The Labute approximate surface area is 105 Å². The van der Waals surface area contributed by atoms with E-state index < -0.39 is 10.8 Å². The first kappa shape index (κ1) is 12.1. The maximum atomic E-state index is 12.5. The average Bonchev–Trinajstić information content (AvgIpc) is 2.28. The van der Waals surface area contributed by atoms with Crippen LogP contribution in [-0.4, -0.2) is 4.21 Å². The maximum absolute atomic E-state index is 12.5. The smallest absolute Gasteiger partial charge is 0.0854 e. The van der Waals surface area contributed by atoms with Crippen LogP contribution in [0.3, 0.4) is 0 Å². The number of aryl methyl sites for hydroxylation is 3. The molecule has 0 bridgehead atoms. The van der Waals surface area contributed by atoms with E-state index >= 15 is 0 Å². The first-order chi connectivity index (χ1) is 8.09. The zero-order valence-corrected chi connectivity index (χ0v) is 11.2. The Kier molecular flexibility index (Phi) is 3.43. The minimum atomic E-state index is -1.08. The van der Waals surface area contributed by atoms with E-state index in [1.165, 1.54) is 5.56 Å². The molecule has 17 heavy (non-hydrogen) atoms. The third kappa shape index (κ3) is 2.47. The molecule has 0 heterocycles. The topological polar surface area (TPSA) is 17.1 Å². The van der Waals surface area contributed by atoms with E-state index in [4.69, 9.17) is 0 Å². The van der Waals surface area contributed by atoms with Crippen LogP contribution in [0.5, 0.6) is 0 Å². The van der Waals surface area contributed by atoms with E-state index in [1.54, 1.807) is 0 Å². The Bertz CT molecular complexity index is 535. The summed E-state index contributed by atoms with van der Waals surface area (Å²) in [5.74, 6) is 0. The molecule has 0 aliphatic carbocycles. The lowest BCUT2D eigenvalue weighted by molar-refractivity contribution is 0.682.